The van der Waals surface area contributed by atoms with Crippen molar-refractivity contribution in [2.75, 3.05) is 26.4 Å². The molecule has 2 N–H and O–H groups in total. The van der Waals surface area contributed by atoms with Gasteiger partial charge < -0.3 is 24.2 Å². The topological polar surface area (TPSA) is 155 Å². The Bertz CT molecular complexity index is 1330. The second kappa shape index (κ2) is 50.8. The minimum absolute atomic E-state index is 0.151. The van der Waals surface area contributed by atoms with E-state index < -0.39 is 57.8 Å². The van der Waals surface area contributed by atoms with Gasteiger partial charge in [0.05, 0.1) is 19.8 Å². The number of allylic oxidation sites excluding steroid dienone is 8. The standard InChI is InChI=1S/C56H101O11P/c1-4-7-10-13-16-19-21-23-25-26-28-29-31-34-36-39-42-45-54(58)63-49-53(67-56(60)47-44-41-38-35-32-30-27-24-22-20-17-14-11-8-5-2)51-65-68(61,62)64-50-52(48-57)66-55(59)46-43-40-37-33-18-15-12-9-6-3/h16-17,19-20,23-25,27,52-53,57H,4-15,18,21-22,26,28-51H2,1-3H3,(H,61,62)/b19-16-,20-17-,25-23-,27-24-. The highest BCUT2D eigenvalue weighted by molar-refractivity contribution is 7.47. The van der Waals surface area contributed by atoms with Crippen molar-refractivity contribution >= 4 is 25.7 Å². The van der Waals surface area contributed by atoms with Gasteiger partial charge >= 0.3 is 25.7 Å². The molecule has 0 aromatic carbocycles. The first-order valence-electron chi connectivity index (χ1n) is 27.5. The van der Waals surface area contributed by atoms with Crippen LogP contribution in [-0.4, -0.2) is 66.5 Å². The van der Waals surface area contributed by atoms with Gasteiger partial charge in [0.25, 0.3) is 0 Å². The number of carbonyl (C=O) groups excluding carboxylic acids is 3. The van der Waals surface area contributed by atoms with Crippen LogP contribution in [0, 0.1) is 0 Å². The third kappa shape index (κ3) is 48.5. The van der Waals surface area contributed by atoms with Gasteiger partial charge in [0.1, 0.15) is 12.7 Å². The summed E-state index contributed by atoms with van der Waals surface area (Å²) in [7, 11) is -4.74. The Labute approximate surface area is 415 Å². The fraction of sp³-hybridized carbons (Fsp3) is 0.804. The van der Waals surface area contributed by atoms with Crippen LogP contribution >= 0.6 is 7.82 Å². The maximum absolute atomic E-state index is 12.9. The van der Waals surface area contributed by atoms with Gasteiger partial charge in [-0.3, -0.25) is 23.4 Å². The largest absolute Gasteiger partial charge is 0.472 e. The Balaban J connectivity index is 4.75. The van der Waals surface area contributed by atoms with Crippen LogP contribution in [0.5, 0.6) is 0 Å². The summed E-state index contributed by atoms with van der Waals surface area (Å²) in [6.45, 7) is 4.55. The van der Waals surface area contributed by atoms with Gasteiger partial charge in [-0.25, -0.2) is 4.57 Å². The average Bonchev–Trinajstić information content (AvgIpc) is 3.32. The van der Waals surface area contributed by atoms with Gasteiger partial charge in [0.2, 0.25) is 0 Å². The van der Waals surface area contributed by atoms with Crippen LogP contribution < -0.4 is 0 Å². The summed E-state index contributed by atoms with van der Waals surface area (Å²) < 4.78 is 39.4. The first-order valence-corrected chi connectivity index (χ1v) is 29.0. The molecule has 0 aromatic heterocycles. The Kier molecular flexibility index (Phi) is 48.9. The first-order chi connectivity index (χ1) is 33.2. The molecule has 0 fully saturated rings. The third-order valence-corrected chi connectivity index (χ3v) is 12.7. The molecule has 12 heteroatoms. The molecule has 0 radical (unpaired) electrons. The fourth-order valence-electron chi connectivity index (χ4n) is 7.47. The number of hydrogen-bond donors (Lipinski definition) is 2. The van der Waals surface area contributed by atoms with Crippen LogP contribution in [0.1, 0.15) is 252 Å². The van der Waals surface area contributed by atoms with Gasteiger partial charge in [-0.05, 0) is 83.5 Å². The summed E-state index contributed by atoms with van der Waals surface area (Å²) in [5, 5.41) is 9.76. The number of rotatable bonds is 51. The molecular weight excluding hydrogens is 880 g/mol. The minimum Gasteiger partial charge on any atom is -0.462 e. The molecule has 3 unspecified atom stereocenters. The number of unbranched alkanes of at least 4 members (excludes halogenated alkanes) is 26. The third-order valence-electron chi connectivity index (χ3n) is 11.7. The van der Waals surface area contributed by atoms with Crippen molar-refractivity contribution in [2.45, 2.75) is 264 Å². The minimum atomic E-state index is -4.74. The lowest BCUT2D eigenvalue weighted by Crippen LogP contribution is -2.30. The van der Waals surface area contributed by atoms with E-state index in [1.807, 2.05) is 0 Å². The van der Waals surface area contributed by atoms with Crippen LogP contribution in [0.25, 0.3) is 0 Å². The Morgan fingerprint density at radius 1 is 0.412 bits per heavy atom. The van der Waals surface area contributed by atoms with Crippen molar-refractivity contribution in [1.29, 1.82) is 0 Å². The summed E-state index contributed by atoms with van der Waals surface area (Å²) in [5.74, 6) is -1.48. The van der Waals surface area contributed by atoms with E-state index in [9.17, 15) is 28.9 Å². The highest BCUT2D eigenvalue weighted by atomic mass is 31.2. The van der Waals surface area contributed by atoms with Gasteiger partial charge in [-0.2, -0.15) is 0 Å². The summed E-state index contributed by atoms with van der Waals surface area (Å²) in [4.78, 5) is 48.3. The monoisotopic (exact) mass is 981 g/mol. The van der Waals surface area contributed by atoms with Crippen molar-refractivity contribution in [3.63, 3.8) is 0 Å². The van der Waals surface area contributed by atoms with Crippen LogP contribution in [0.2, 0.25) is 0 Å². The number of hydrogen-bond acceptors (Lipinski definition) is 10. The molecule has 396 valence electrons. The zero-order valence-corrected chi connectivity index (χ0v) is 44.5. The van der Waals surface area contributed by atoms with Crippen LogP contribution in [0.4, 0.5) is 0 Å². The van der Waals surface area contributed by atoms with E-state index in [4.69, 9.17) is 23.3 Å². The Morgan fingerprint density at radius 3 is 1.12 bits per heavy atom. The van der Waals surface area contributed by atoms with Crippen molar-refractivity contribution in [3.8, 4) is 0 Å². The Morgan fingerprint density at radius 2 is 0.721 bits per heavy atom. The normalized spacial score (nSPS) is 13.8. The highest BCUT2D eigenvalue weighted by Crippen LogP contribution is 2.43. The van der Waals surface area contributed by atoms with Crippen LogP contribution in [0.3, 0.4) is 0 Å². The van der Waals surface area contributed by atoms with E-state index >= 15 is 0 Å². The zero-order valence-electron chi connectivity index (χ0n) is 43.6. The van der Waals surface area contributed by atoms with E-state index in [1.165, 1.54) is 96.3 Å². The summed E-state index contributed by atoms with van der Waals surface area (Å²) in [6, 6.07) is 0. The summed E-state index contributed by atoms with van der Waals surface area (Å²) >= 11 is 0. The first kappa shape index (κ1) is 65.4. The second-order valence-electron chi connectivity index (χ2n) is 18.4. The molecule has 68 heavy (non-hydrogen) atoms. The molecule has 0 aromatic rings. The number of aliphatic hydroxyl groups is 1. The van der Waals surface area contributed by atoms with Crippen molar-refractivity contribution in [1.82, 2.24) is 0 Å². The molecule has 0 aliphatic rings. The van der Waals surface area contributed by atoms with Crippen LogP contribution in [0.15, 0.2) is 48.6 Å². The summed E-state index contributed by atoms with van der Waals surface area (Å²) in [5.41, 5.74) is 0. The lowest BCUT2D eigenvalue weighted by Gasteiger charge is -2.21. The van der Waals surface area contributed by atoms with Crippen molar-refractivity contribution < 1.29 is 52.2 Å². The molecule has 0 saturated carbocycles. The molecule has 3 atom stereocenters. The maximum Gasteiger partial charge on any atom is 0.472 e. The Hall–Kier alpha value is -2.56. The second-order valence-corrected chi connectivity index (χ2v) is 19.8. The van der Waals surface area contributed by atoms with E-state index in [2.05, 4.69) is 69.4 Å². The van der Waals surface area contributed by atoms with Gasteiger partial charge in [0, 0.05) is 19.3 Å². The van der Waals surface area contributed by atoms with E-state index in [0.717, 1.165) is 96.3 Å². The number of phosphoric ester groups is 1. The molecule has 0 rings (SSSR count). The number of esters is 3. The average molecular weight is 981 g/mol. The molecule has 0 saturated heterocycles. The number of carbonyl (C=O) groups is 3. The fourth-order valence-corrected chi connectivity index (χ4v) is 8.26. The van der Waals surface area contributed by atoms with Crippen LogP contribution in [-0.2, 0) is 42.2 Å². The predicted octanol–water partition coefficient (Wildman–Crippen LogP) is 15.8. The zero-order chi connectivity index (χ0) is 49.9. The van der Waals surface area contributed by atoms with Gasteiger partial charge in [-0.1, -0.05) is 198 Å². The molecule has 0 aliphatic carbocycles. The molecular formula is C56H101O11P. The SMILES string of the molecule is CCCCC/C=C\C/C=C\CCCCCCCCCC(=O)OCC(COP(=O)(O)OCC(CO)OC(=O)CCCCCCCCCCC)OC(=O)CCCCCCC/C=C\C/C=C\CCCCC. The molecule has 0 amide bonds. The molecule has 0 aliphatic heterocycles. The van der Waals surface area contributed by atoms with E-state index in [0.29, 0.717) is 19.3 Å². The number of phosphoric acid groups is 1. The van der Waals surface area contributed by atoms with Gasteiger partial charge in [-0.15, -0.1) is 0 Å². The quantitative estimate of drug-likeness (QED) is 0.0197. The van der Waals surface area contributed by atoms with Crippen molar-refractivity contribution in [2.24, 2.45) is 0 Å². The molecule has 0 spiro atoms. The van der Waals surface area contributed by atoms with E-state index in [1.54, 1.807) is 0 Å². The highest BCUT2D eigenvalue weighted by Gasteiger charge is 2.28. The molecule has 0 bridgehead atoms. The maximum atomic E-state index is 12.9. The van der Waals surface area contributed by atoms with Crippen molar-refractivity contribution in [3.05, 3.63) is 48.6 Å². The summed E-state index contributed by atoms with van der Waals surface area (Å²) in [6.07, 6.45) is 52.2. The number of ether oxygens (including phenoxy) is 3. The van der Waals surface area contributed by atoms with Gasteiger partial charge in [0.15, 0.2) is 6.10 Å². The lowest BCUT2D eigenvalue weighted by molar-refractivity contribution is -0.161. The number of aliphatic hydroxyl groups excluding tert-OH is 1. The molecule has 11 nitrogen and oxygen atoms in total. The predicted molar refractivity (Wildman–Crippen MR) is 279 cm³/mol. The van der Waals surface area contributed by atoms with E-state index in [-0.39, 0.29) is 25.9 Å². The lowest BCUT2D eigenvalue weighted by atomic mass is 10.1. The smallest absolute Gasteiger partial charge is 0.462 e. The molecule has 0 heterocycles.